The average molecular weight is 396 g/mol. The first-order chi connectivity index (χ1) is 13.1. The third-order valence-corrected chi connectivity index (χ3v) is 6.11. The zero-order valence-corrected chi connectivity index (χ0v) is 15.9. The minimum atomic E-state index is -0.756. The van der Waals surface area contributed by atoms with E-state index in [0.29, 0.717) is 49.1 Å². The van der Waals surface area contributed by atoms with Crippen molar-refractivity contribution in [2.24, 2.45) is 5.73 Å². The summed E-state index contributed by atoms with van der Waals surface area (Å²) in [5.41, 5.74) is 6.25. The molecule has 7 nitrogen and oxygen atoms in total. The molecule has 2 fully saturated rings. The number of hydrogen-bond acceptors (Lipinski definition) is 6. The van der Waals surface area contributed by atoms with Gasteiger partial charge in [-0.1, -0.05) is 11.2 Å². The predicted octanol–water partition coefficient (Wildman–Crippen LogP) is 1.52. The predicted molar refractivity (Wildman–Crippen MR) is 105 cm³/mol. The average Bonchev–Trinajstić information content (AvgIpc) is 2.99. The van der Waals surface area contributed by atoms with Gasteiger partial charge in [0.2, 0.25) is 0 Å². The molecule has 0 aromatic heterocycles. The lowest BCUT2D eigenvalue weighted by Gasteiger charge is -2.28. The second kappa shape index (κ2) is 9.18. The fourth-order valence-corrected chi connectivity index (χ4v) is 4.42. The highest BCUT2D eigenvalue weighted by molar-refractivity contribution is 7.91. The Morgan fingerprint density at radius 2 is 2.11 bits per heavy atom. The van der Waals surface area contributed by atoms with Crippen LogP contribution >= 0.6 is 0 Å². The van der Waals surface area contributed by atoms with E-state index in [1.54, 1.807) is 18.3 Å². The Labute approximate surface area is 161 Å². The minimum Gasteiger partial charge on any atom is -0.616 e. The lowest BCUT2D eigenvalue weighted by Crippen LogP contribution is -2.32. The number of nitrogens with one attached hydrogen (secondary N) is 1. The molecule has 1 aromatic rings. The van der Waals surface area contributed by atoms with E-state index in [-0.39, 0.29) is 11.9 Å². The molecule has 9 heteroatoms. The third kappa shape index (κ3) is 4.98. The van der Waals surface area contributed by atoms with Crippen LogP contribution in [0.3, 0.4) is 0 Å². The summed E-state index contributed by atoms with van der Waals surface area (Å²) >= 11 is -0.756. The highest BCUT2D eigenvalue weighted by atomic mass is 32.2. The fraction of sp³-hybridized carbons (Fsp3) is 0.500. The van der Waals surface area contributed by atoms with Crippen LogP contribution in [0.2, 0.25) is 0 Å². The van der Waals surface area contributed by atoms with E-state index < -0.39 is 17.3 Å². The van der Waals surface area contributed by atoms with Crippen molar-refractivity contribution in [1.29, 1.82) is 0 Å². The first kappa shape index (κ1) is 19.6. The van der Waals surface area contributed by atoms with Crippen molar-refractivity contribution in [3.8, 4) is 0 Å². The van der Waals surface area contributed by atoms with Gasteiger partial charge in [0.15, 0.2) is 0 Å². The molecule has 2 heterocycles. The Bertz CT molecular complexity index is 681. The molecule has 3 rings (SSSR count). The number of carbonyl (C=O) groups excluding carboxylic acids is 1. The first-order valence-electron chi connectivity index (χ1n) is 9.06. The van der Waals surface area contributed by atoms with Crippen LogP contribution in [0.4, 0.5) is 20.6 Å². The van der Waals surface area contributed by atoms with Crippen LogP contribution in [0.25, 0.3) is 0 Å². The summed E-state index contributed by atoms with van der Waals surface area (Å²) < 4.78 is 31.7. The van der Waals surface area contributed by atoms with Gasteiger partial charge in [0, 0.05) is 38.3 Å². The number of nitrogens with zero attached hydrogens (tertiary/aromatic N) is 2. The van der Waals surface area contributed by atoms with Gasteiger partial charge in [0.1, 0.15) is 23.4 Å². The summed E-state index contributed by atoms with van der Waals surface area (Å²) in [4.78, 5) is 15.5. The molecule has 0 bridgehead atoms. The Hall–Kier alpha value is -2.13. The van der Waals surface area contributed by atoms with Crippen molar-refractivity contribution < 1.29 is 18.5 Å². The van der Waals surface area contributed by atoms with Crippen molar-refractivity contribution in [3.05, 3.63) is 36.4 Å². The van der Waals surface area contributed by atoms with Gasteiger partial charge in [0.05, 0.1) is 24.5 Å². The van der Waals surface area contributed by atoms with Crippen molar-refractivity contribution in [2.45, 2.75) is 18.9 Å². The smallest absolute Gasteiger partial charge is 0.414 e. The number of hydrogen-bond donors (Lipinski definition) is 2. The number of halogens is 1. The largest absolute Gasteiger partial charge is 0.616 e. The van der Waals surface area contributed by atoms with Gasteiger partial charge >= 0.3 is 6.09 Å². The molecule has 0 radical (unpaired) electrons. The number of amides is 1. The zero-order chi connectivity index (χ0) is 19.2. The molecule has 148 valence electrons. The van der Waals surface area contributed by atoms with E-state index in [9.17, 15) is 13.7 Å². The molecule has 2 aliphatic heterocycles. The number of nitrogens with two attached hydrogens (primary N) is 1. The number of rotatable bonds is 5. The maximum Gasteiger partial charge on any atom is 0.414 e. The molecule has 3 N–H and O–H groups in total. The summed E-state index contributed by atoms with van der Waals surface area (Å²) in [6.07, 6.45) is 3.68. The summed E-state index contributed by atoms with van der Waals surface area (Å²) in [7, 11) is 0. The molecule has 0 unspecified atom stereocenters. The number of benzene rings is 1. The minimum absolute atomic E-state index is 0.327. The van der Waals surface area contributed by atoms with Crippen LogP contribution < -0.4 is 20.9 Å². The molecular formula is C18H25FN4O3S. The van der Waals surface area contributed by atoms with Crippen LogP contribution in [-0.2, 0) is 15.9 Å². The van der Waals surface area contributed by atoms with E-state index >= 15 is 0 Å². The monoisotopic (exact) mass is 396 g/mol. The van der Waals surface area contributed by atoms with E-state index in [4.69, 9.17) is 10.5 Å². The van der Waals surface area contributed by atoms with Gasteiger partial charge in [-0.3, -0.25) is 4.90 Å². The standard InChI is InChI=1S/C18H25FN4O3S/c19-16-11-14(23-13-15(26-18(23)24)12-21-6-5-20)3-4-17(16)22-7-1-9-27(25)10-2-8-22/h3-6,11,15,21H,1-2,7-10,12-13,20H2/b6-5-/t15-/m0/s1. The highest BCUT2D eigenvalue weighted by Gasteiger charge is 2.32. The maximum absolute atomic E-state index is 14.8. The van der Waals surface area contributed by atoms with Crippen LogP contribution in [-0.4, -0.2) is 54.4 Å². The van der Waals surface area contributed by atoms with E-state index in [1.165, 1.54) is 17.2 Å². The highest BCUT2D eigenvalue weighted by Crippen LogP contribution is 2.28. The lowest BCUT2D eigenvalue weighted by molar-refractivity contribution is 0.142. The van der Waals surface area contributed by atoms with E-state index in [0.717, 1.165) is 12.8 Å². The summed E-state index contributed by atoms with van der Waals surface area (Å²) in [5.74, 6) is 0.949. The van der Waals surface area contributed by atoms with Gasteiger partial charge in [0.25, 0.3) is 0 Å². The lowest BCUT2D eigenvalue weighted by atomic mass is 10.2. The second-order valence-corrected chi connectivity index (χ2v) is 8.26. The summed E-state index contributed by atoms with van der Waals surface area (Å²) in [6.45, 7) is 2.14. The maximum atomic E-state index is 14.8. The SMILES string of the molecule is N/C=C\NC[C@H]1CN(c2ccc(N3CCC[S+]([O-])CCC3)c(F)c2)C(=O)O1. The molecule has 27 heavy (non-hydrogen) atoms. The molecule has 0 saturated carbocycles. The van der Waals surface area contributed by atoms with Crippen molar-refractivity contribution in [1.82, 2.24) is 5.32 Å². The number of ether oxygens (including phenoxy) is 1. The summed E-state index contributed by atoms with van der Waals surface area (Å²) in [5, 5.41) is 2.94. The topological polar surface area (TPSA) is 93.9 Å². The van der Waals surface area contributed by atoms with Crippen LogP contribution in [0.5, 0.6) is 0 Å². The van der Waals surface area contributed by atoms with Gasteiger partial charge in [-0.25, -0.2) is 9.18 Å². The molecule has 1 atom stereocenters. The fourth-order valence-electron chi connectivity index (χ4n) is 3.31. The summed E-state index contributed by atoms with van der Waals surface area (Å²) in [6, 6.07) is 4.83. The van der Waals surface area contributed by atoms with Crippen LogP contribution in [0, 0.1) is 5.82 Å². The second-order valence-electron chi connectivity index (χ2n) is 6.56. The molecule has 2 aliphatic rings. The number of carbonyl (C=O) groups is 1. The molecule has 0 spiro atoms. The van der Waals surface area contributed by atoms with Gasteiger partial charge in [-0.2, -0.15) is 0 Å². The van der Waals surface area contributed by atoms with E-state index in [2.05, 4.69) is 5.32 Å². The Balaban J connectivity index is 1.66. The normalized spacial score (nSPS) is 22.0. The Morgan fingerprint density at radius 3 is 2.78 bits per heavy atom. The number of cyclic esters (lactones) is 1. The molecule has 1 amide bonds. The van der Waals surface area contributed by atoms with Gasteiger partial charge < -0.3 is 25.2 Å². The third-order valence-electron chi connectivity index (χ3n) is 4.62. The van der Waals surface area contributed by atoms with Gasteiger partial charge in [-0.05, 0) is 18.2 Å². The number of anilines is 2. The van der Waals surface area contributed by atoms with Gasteiger partial charge in [-0.15, -0.1) is 0 Å². The van der Waals surface area contributed by atoms with Crippen molar-refractivity contribution >= 4 is 28.6 Å². The van der Waals surface area contributed by atoms with Crippen molar-refractivity contribution in [2.75, 3.05) is 47.5 Å². The Morgan fingerprint density at radius 1 is 1.37 bits per heavy atom. The molecule has 2 saturated heterocycles. The van der Waals surface area contributed by atoms with Crippen LogP contribution in [0.15, 0.2) is 30.6 Å². The molecular weight excluding hydrogens is 371 g/mol. The molecule has 1 aromatic carbocycles. The molecule has 0 aliphatic carbocycles. The quantitative estimate of drug-likeness (QED) is 0.733. The first-order valence-corrected chi connectivity index (χ1v) is 10.5. The van der Waals surface area contributed by atoms with Crippen LogP contribution in [0.1, 0.15) is 12.8 Å². The zero-order valence-electron chi connectivity index (χ0n) is 15.1. The Kier molecular flexibility index (Phi) is 6.68. The van der Waals surface area contributed by atoms with Crippen molar-refractivity contribution in [3.63, 3.8) is 0 Å². The van der Waals surface area contributed by atoms with E-state index in [1.807, 2.05) is 4.90 Å².